The van der Waals surface area contributed by atoms with Gasteiger partial charge in [0.2, 0.25) is 11.9 Å². The van der Waals surface area contributed by atoms with Crippen LogP contribution in [0.2, 0.25) is 0 Å². The maximum absolute atomic E-state index is 12.0. The second-order valence-corrected chi connectivity index (χ2v) is 8.48. The van der Waals surface area contributed by atoms with E-state index in [-0.39, 0.29) is 0 Å². The Balaban J connectivity index is 1.16. The molecule has 158 valence electrons. The molecular formula is C22H24N8O. The van der Waals surface area contributed by atoms with Gasteiger partial charge in [0.15, 0.2) is 5.65 Å². The molecule has 1 aliphatic carbocycles. The minimum absolute atomic E-state index is 0.329. The van der Waals surface area contributed by atoms with E-state index in [0.717, 1.165) is 72.9 Å². The van der Waals surface area contributed by atoms with Crippen LogP contribution in [0.25, 0.3) is 27.8 Å². The van der Waals surface area contributed by atoms with E-state index in [2.05, 4.69) is 30.3 Å². The van der Waals surface area contributed by atoms with Gasteiger partial charge in [0.05, 0.1) is 0 Å². The first kappa shape index (κ1) is 18.3. The second kappa shape index (κ2) is 7.33. The topological polar surface area (TPSA) is 104 Å². The van der Waals surface area contributed by atoms with Crippen molar-refractivity contribution in [2.45, 2.75) is 50.6 Å². The van der Waals surface area contributed by atoms with Crippen LogP contribution in [0.15, 0.2) is 37.1 Å². The van der Waals surface area contributed by atoms with E-state index >= 15 is 0 Å². The summed E-state index contributed by atoms with van der Waals surface area (Å²) >= 11 is 0. The van der Waals surface area contributed by atoms with Crippen LogP contribution in [-0.2, 0) is 4.79 Å². The monoisotopic (exact) mass is 416 g/mol. The maximum atomic E-state index is 12.0. The largest absolute Gasteiger partial charge is 0.351 e. The number of amides is 1. The number of carbonyl (C=O) groups is 1. The predicted octanol–water partition coefficient (Wildman–Crippen LogP) is 3.01. The highest BCUT2D eigenvalue weighted by atomic mass is 16.2. The lowest BCUT2D eigenvalue weighted by Gasteiger charge is -2.34. The van der Waals surface area contributed by atoms with Crippen LogP contribution in [0.3, 0.4) is 0 Å². The van der Waals surface area contributed by atoms with E-state index in [4.69, 9.17) is 4.98 Å². The van der Waals surface area contributed by atoms with Crippen molar-refractivity contribution in [2.24, 2.45) is 0 Å². The summed E-state index contributed by atoms with van der Waals surface area (Å²) in [7, 11) is 0. The maximum Gasteiger partial charge on any atom is 0.224 e. The average molecular weight is 416 g/mol. The summed E-state index contributed by atoms with van der Waals surface area (Å²) in [5.41, 5.74) is 3.69. The minimum atomic E-state index is 0.329. The van der Waals surface area contributed by atoms with Crippen LogP contribution < -0.4 is 5.32 Å². The van der Waals surface area contributed by atoms with Crippen molar-refractivity contribution in [3.05, 3.63) is 37.1 Å². The van der Waals surface area contributed by atoms with Crippen LogP contribution >= 0.6 is 0 Å². The molecule has 1 saturated heterocycles. The van der Waals surface area contributed by atoms with Gasteiger partial charge >= 0.3 is 0 Å². The highest BCUT2D eigenvalue weighted by molar-refractivity contribution is 5.93. The lowest BCUT2D eigenvalue weighted by atomic mass is 9.90. The molecule has 1 aliphatic heterocycles. The first-order valence-corrected chi connectivity index (χ1v) is 10.9. The van der Waals surface area contributed by atoms with Crippen molar-refractivity contribution in [3.63, 3.8) is 0 Å². The van der Waals surface area contributed by atoms with Gasteiger partial charge in [-0.3, -0.25) is 4.79 Å². The number of pyridine rings is 1. The van der Waals surface area contributed by atoms with Crippen molar-refractivity contribution in [1.82, 2.24) is 34.4 Å². The Kier molecular flexibility index (Phi) is 4.33. The van der Waals surface area contributed by atoms with Crippen molar-refractivity contribution < 1.29 is 4.79 Å². The molecule has 9 nitrogen and oxygen atoms in total. The molecule has 2 fully saturated rings. The molecule has 0 radical (unpaired) electrons. The number of H-pyrrole nitrogens is 1. The molecule has 4 aromatic rings. The zero-order valence-corrected chi connectivity index (χ0v) is 17.2. The summed E-state index contributed by atoms with van der Waals surface area (Å²) < 4.78 is 1.76. The molecule has 0 atom stereocenters. The van der Waals surface area contributed by atoms with Crippen molar-refractivity contribution in [1.29, 1.82) is 0 Å². The van der Waals surface area contributed by atoms with E-state index < -0.39 is 0 Å². The average Bonchev–Trinajstić information content (AvgIpc) is 3.53. The number of anilines is 1. The number of hydrogen-bond acceptors (Lipinski definition) is 6. The summed E-state index contributed by atoms with van der Waals surface area (Å²) in [5, 5.41) is 8.69. The number of rotatable bonds is 4. The summed E-state index contributed by atoms with van der Waals surface area (Å²) in [4.78, 5) is 30.8. The van der Waals surface area contributed by atoms with Gasteiger partial charge in [-0.25, -0.2) is 14.5 Å². The van der Waals surface area contributed by atoms with E-state index in [9.17, 15) is 4.79 Å². The van der Waals surface area contributed by atoms with E-state index in [0.29, 0.717) is 23.9 Å². The molecule has 2 N–H and O–H groups in total. The lowest BCUT2D eigenvalue weighted by molar-refractivity contribution is -0.130. The van der Waals surface area contributed by atoms with Crippen LogP contribution in [-0.4, -0.2) is 59.0 Å². The third-order valence-corrected chi connectivity index (χ3v) is 6.60. The van der Waals surface area contributed by atoms with Gasteiger partial charge in [-0.15, -0.1) is 0 Å². The number of nitrogens with zero attached hydrogens (tertiary/aromatic N) is 6. The number of hydrogen-bond donors (Lipinski definition) is 2. The van der Waals surface area contributed by atoms with Crippen LogP contribution in [0, 0.1) is 0 Å². The fraction of sp³-hybridized carbons (Fsp3) is 0.409. The third kappa shape index (κ3) is 3.30. The Bertz CT molecular complexity index is 1250. The Morgan fingerprint density at radius 1 is 1.13 bits per heavy atom. The molecule has 1 saturated carbocycles. The molecule has 0 aromatic carbocycles. The standard InChI is InChI=1S/C22H24N8O/c31-20-2-1-9-29(20)16-6-4-15(5-7-16)27-22-24-11-18-17(10-23-21(18)28-22)14-3-8-19-25-13-26-30(19)12-14/h3,8,10-13,15-16H,1-2,4-7,9H2,(H2,23,24,27,28)/t15-,16+. The molecule has 5 heterocycles. The molecule has 0 unspecified atom stereocenters. The molecule has 1 amide bonds. The molecule has 0 spiro atoms. The predicted molar refractivity (Wildman–Crippen MR) is 116 cm³/mol. The van der Waals surface area contributed by atoms with Gasteiger partial charge in [0.25, 0.3) is 0 Å². The zero-order chi connectivity index (χ0) is 20.8. The fourth-order valence-electron chi connectivity index (χ4n) is 4.96. The quantitative estimate of drug-likeness (QED) is 0.530. The van der Waals surface area contributed by atoms with Gasteiger partial charge in [0, 0.05) is 60.2 Å². The number of nitrogens with one attached hydrogen (secondary N) is 2. The summed E-state index contributed by atoms with van der Waals surface area (Å²) in [6.45, 7) is 0.931. The normalized spacial score (nSPS) is 21.9. The van der Waals surface area contributed by atoms with E-state index in [1.165, 1.54) is 0 Å². The second-order valence-electron chi connectivity index (χ2n) is 8.48. The first-order chi connectivity index (χ1) is 15.2. The van der Waals surface area contributed by atoms with Crippen molar-refractivity contribution >= 4 is 28.5 Å². The van der Waals surface area contributed by atoms with Gasteiger partial charge in [-0.1, -0.05) is 0 Å². The molecular weight excluding hydrogens is 392 g/mol. The van der Waals surface area contributed by atoms with Crippen LogP contribution in [0.4, 0.5) is 5.95 Å². The Hall–Kier alpha value is -3.49. The third-order valence-electron chi connectivity index (χ3n) is 6.60. The zero-order valence-electron chi connectivity index (χ0n) is 17.2. The summed E-state index contributed by atoms with van der Waals surface area (Å²) in [6.07, 6.45) is 13.2. The molecule has 4 aromatic heterocycles. The van der Waals surface area contributed by atoms with Crippen molar-refractivity contribution in [3.8, 4) is 11.1 Å². The lowest BCUT2D eigenvalue weighted by Crippen LogP contribution is -2.41. The molecule has 2 aliphatic rings. The smallest absolute Gasteiger partial charge is 0.224 e. The molecule has 6 rings (SSSR count). The number of aromatic nitrogens is 6. The number of fused-ring (bicyclic) bond motifs is 2. The van der Waals surface area contributed by atoms with Crippen molar-refractivity contribution in [2.75, 3.05) is 11.9 Å². The van der Waals surface area contributed by atoms with Gasteiger partial charge in [-0.2, -0.15) is 10.1 Å². The number of likely N-dealkylation sites (tertiary alicyclic amines) is 1. The summed E-state index contributed by atoms with van der Waals surface area (Å²) in [5.74, 6) is 0.976. The van der Waals surface area contributed by atoms with E-state index in [1.54, 1.807) is 10.8 Å². The Labute approximate surface area is 178 Å². The van der Waals surface area contributed by atoms with Crippen LogP contribution in [0.1, 0.15) is 38.5 Å². The molecule has 0 bridgehead atoms. The van der Waals surface area contributed by atoms with Crippen LogP contribution in [0.5, 0.6) is 0 Å². The first-order valence-electron chi connectivity index (χ1n) is 10.9. The minimum Gasteiger partial charge on any atom is -0.351 e. The SMILES string of the molecule is O=C1CCCN1[C@H]1CC[C@@H](Nc2ncc3c(-c4ccc5ncnn5c4)c[nH]c3n2)CC1. The molecule has 9 heteroatoms. The highest BCUT2D eigenvalue weighted by Crippen LogP contribution is 2.30. The Morgan fingerprint density at radius 3 is 2.87 bits per heavy atom. The number of carbonyl (C=O) groups excluding carboxylic acids is 1. The highest BCUT2D eigenvalue weighted by Gasteiger charge is 2.31. The van der Waals surface area contributed by atoms with Gasteiger partial charge < -0.3 is 15.2 Å². The summed E-state index contributed by atoms with van der Waals surface area (Å²) in [6, 6.07) is 4.73. The fourth-order valence-corrected chi connectivity index (χ4v) is 4.96. The Morgan fingerprint density at radius 2 is 2.03 bits per heavy atom. The van der Waals surface area contributed by atoms with Gasteiger partial charge in [0.1, 0.15) is 12.0 Å². The van der Waals surface area contributed by atoms with E-state index in [1.807, 2.05) is 30.7 Å². The molecule has 31 heavy (non-hydrogen) atoms. The number of aromatic amines is 1. The van der Waals surface area contributed by atoms with Gasteiger partial charge in [-0.05, 0) is 44.2 Å².